The number of carbonyl (C=O) groups excluding carboxylic acids is 2. The molecule has 0 radical (unpaired) electrons. The van der Waals surface area contributed by atoms with E-state index in [2.05, 4.69) is 15.0 Å². The van der Waals surface area contributed by atoms with Crippen LogP contribution in [0, 0.1) is 0 Å². The van der Waals surface area contributed by atoms with E-state index in [-0.39, 0.29) is 37.6 Å². The van der Waals surface area contributed by atoms with Crippen molar-refractivity contribution in [3.8, 4) is 5.88 Å². The van der Waals surface area contributed by atoms with Gasteiger partial charge in [-0.05, 0) is 30.4 Å². The van der Waals surface area contributed by atoms with Crippen molar-refractivity contribution in [2.45, 2.75) is 32.0 Å². The fourth-order valence-corrected chi connectivity index (χ4v) is 3.77. The number of nitrogen functional groups attached to an aromatic ring is 1. The van der Waals surface area contributed by atoms with Crippen molar-refractivity contribution in [2.75, 3.05) is 31.3 Å². The first-order valence-corrected chi connectivity index (χ1v) is 10.3. The predicted octanol–water partition coefficient (Wildman–Crippen LogP) is 1.71. The van der Waals surface area contributed by atoms with Gasteiger partial charge in [0.05, 0.1) is 23.6 Å². The Hall–Kier alpha value is -3.73. The molecule has 1 saturated carbocycles. The molecule has 5 rings (SSSR count). The number of ether oxygens (including phenoxy) is 2. The lowest BCUT2D eigenvalue weighted by atomic mass is 10.1. The average Bonchev–Trinajstić information content (AvgIpc) is 3.50. The Labute approximate surface area is 183 Å². The van der Waals surface area contributed by atoms with Gasteiger partial charge in [0.25, 0.3) is 0 Å². The van der Waals surface area contributed by atoms with Gasteiger partial charge in [-0.1, -0.05) is 0 Å². The number of urea groups is 1. The first kappa shape index (κ1) is 20.2. The first-order valence-electron chi connectivity index (χ1n) is 10.3. The van der Waals surface area contributed by atoms with Gasteiger partial charge in [0.15, 0.2) is 5.65 Å². The van der Waals surface area contributed by atoms with Gasteiger partial charge in [-0.25, -0.2) is 14.8 Å². The van der Waals surface area contributed by atoms with Crippen LogP contribution in [0.3, 0.4) is 0 Å². The molecule has 1 aliphatic heterocycles. The minimum Gasteiger partial charge on any atom is -0.471 e. The van der Waals surface area contributed by atoms with Crippen molar-refractivity contribution in [3.05, 3.63) is 41.5 Å². The molecule has 2 fully saturated rings. The van der Waals surface area contributed by atoms with Crippen molar-refractivity contribution < 1.29 is 19.1 Å². The minimum atomic E-state index is -0.355. The summed E-state index contributed by atoms with van der Waals surface area (Å²) in [7, 11) is 3.06. The molecule has 3 aromatic heterocycles. The van der Waals surface area contributed by atoms with Crippen LogP contribution in [0.25, 0.3) is 5.65 Å². The van der Waals surface area contributed by atoms with Gasteiger partial charge in [0.2, 0.25) is 17.7 Å². The highest BCUT2D eigenvalue weighted by molar-refractivity contribution is 6.13. The van der Waals surface area contributed by atoms with E-state index >= 15 is 0 Å². The summed E-state index contributed by atoms with van der Waals surface area (Å²) in [6.07, 6.45) is 7.67. The smallest absolute Gasteiger partial charge is 0.331 e. The molecule has 0 spiro atoms. The Morgan fingerprint density at radius 3 is 2.69 bits per heavy atom. The number of pyridine rings is 1. The van der Waals surface area contributed by atoms with E-state index in [9.17, 15) is 9.59 Å². The van der Waals surface area contributed by atoms with E-state index in [1.165, 1.54) is 11.9 Å². The number of amides is 3. The molecule has 166 valence electrons. The Bertz CT molecular complexity index is 1220. The fourth-order valence-electron chi connectivity index (χ4n) is 3.77. The molecule has 1 aliphatic carbocycles. The molecule has 11 heteroatoms. The maximum absolute atomic E-state index is 12.6. The van der Waals surface area contributed by atoms with Crippen molar-refractivity contribution in [3.63, 3.8) is 0 Å². The third kappa shape index (κ3) is 3.60. The van der Waals surface area contributed by atoms with E-state index in [0.717, 1.165) is 23.3 Å². The third-order valence-electron chi connectivity index (χ3n) is 5.63. The number of likely N-dealkylation sites (N-methyl/N-ethyl adjacent to an activating group) is 1. The number of hydrogen-bond donors (Lipinski definition) is 1. The zero-order valence-electron chi connectivity index (χ0n) is 17.8. The quantitative estimate of drug-likeness (QED) is 0.553. The Morgan fingerprint density at radius 2 is 2.00 bits per heavy atom. The van der Waals surface area contributed by atoms with Crippen LogP contribution in [-0.2, 0) is 22.7 Å². The van der Waals surface area contributed by atoms with Crippen LogP contribution in [0.5, 0.6) is 5.88 Å². The Kier molecular flexibility index (Phi) is 4.89. The molecule has 4 heterocycles. The second kappa shape index (κ2) is 7.75. The van der Waals surface area contributed by atoms with Crippen molar-refractivity contribution in [1.29, 1.82) is 0 Å². The topological polar surface area (TPSA) is 128 Å². The van der Waals surface area contributed by atoms with Crippen LogP contribution >= 0.6 is 0 Å². The Morgan fingerprint density at radius 1 is 1.19 bits per heavy atom. The molecule has 3 amide bonds. The van der Waals surface area contributed by atoms with Crippen LogP contribution in [0.2, 0.25) is 0 Å². The van der Waals surface area contributed by atoms with E-state index in [1.807, 2.05) is 22.9 Å². The van der Waals surface area contributed by atoms with Gasteiger partial charge < -0.3 is 19.6 Å². The van der Waals surface area contributed by atoms with E-state index < -0.39 is 0 Å². The summed E-state index contributed by atoms with van der Waals surface area (Å²) in [5, 5.41) is 0. The summed E-state index contributed by atoms with van der Waals surface area (Å²) >= 11 is 0. The summed E-state index contributed by atoms with van der Waals surface area (Å²) < 4.78 is 12.9. The van der Waals surface area contributed by atoms with Gasteiger partial charge in [-0.15, -0.1) is 0 Å². The fraction of sp³-hybridized carbons (Fsp3) is 0.381. The Balaban J connectivity index is 1.48. The lowest BCUT2D eigenvalue weighted by Gasteiger charge is -2.17. The molecular weight excluding hydrogens is 414 g/mol. The molecule has 11 nitrogen and oxygen atoms in total. The second-order valence-electron chi connectivity index (χ2n) is 8.00. The number of rotatable bonds is 7. The maximum Gasteiger partial charge on any atom is 0.331 e. The predicted molar refractivity (Wildman–Crippen MR) is 114 cm³/mol. The molecule has 0 aromatic carbocycles. The highest BCUT2D eigenvalue weighted by atomic mass is 16.5. The largest absolute Gasteiger partial charge is 0.471 e. The highest BCUT2D eigenvalue weighted by Gasteiger charge is 2.36. The lowest BCUT2D eigenvalue weighted by molar-refractivity contribution is -0.123. The van der Waals surface area contributed by atoms with E-state index in [1.54, 1.807) is 13.3 Å². The van der Waals surface area contributed by atoms with Gasteiger partial charge >= 0.3 is 6.03 Å². The van der Waals surface area contributed by atoms with Gasteiger partial charge in [0.1, 0.15) is 13.2 Å². The summed E-state index contributed by atoms with van der Waals surface area (Å²) in [5.41, 5.74) is 9.35. The minimum absolute atomic E-state index is 0.00159. The number of hydrogen-bond acceptors (Lipinski definition) is 8. The van der Waals surface area contributed by atoms with Crippen molar-refractivity contribution in [2.24, 2.45) is 0 Å². The summed E-state index contributed by atoms with van der Waals surface area (Å²) in [4.78, 5) is 40.1. The number of nitrogens with two attached hydrogens (primary N) is 1. The van der Waals surface area contributed by atoms with Crippen LogP contribution in [-0.4, -0.2) is 56.9 Å². The summed E-state index contributed by atoms with van der Waals surface area (Å²) in [6.45, 7) is 0.423. The van der Waals surface area contributed by atoms with Gasteiger partial charge in [0, 0.05) is 32.7 Å². The molecule has 3 aromatic rings. The van der Waals surface area contributed by atoms with Crippen LogP contribution < -0.4 is 15.4 Å². The van der Waals surface area contributed by atoms with Gasteiger partial charge in [-0.2, -0.15) is 4.98 Å². The van der Waals surface area contributed by atoms with Gasteiger partial charge in [-0.3, -0.25) is 14.6 Å². The standard InChI is InChI=1S/C21H23N7O4/c1-26-17(29)9-28(21(26)30)16-5-13(12-3-4-12)7-27-8-15(24-18(16)27)11-32-19-14(10-31-2)6-23-20(22)25-19/h5-8,12H,3-4,9-11H2,1-2H3,(H2,22,23,25). The first-order chi connectivity index (χ1) is 15.4. The van der Waals surface area contributed by atoms with Crippen molar-refractivity contribution in [1.82, 2.24) is 24.3 Å². The average molecular weight is 437 g/mol. The molecule has 0 unspecified atom stereocenters. The monoisotopic (exact) mass is 437 g/mol. The number of carbonyl (C=O) groups is 2. The number of imide groups is 1. The SMILES string of the molecule is COCc1cnc(N)nc1OCc1cn2cc(C3CC3)cc(N3CC(=O)N(C)C3=O)c2n1. The molecule has 2 aliphatic rings. The lowest BCUT2D eigenvalue weighted by Crippen LogP contribution is -2.30. The van der Waals surface area contributed by atoms with Crippen LogP contribution in [0.4, 0.5) is 16.4 Å². The molecule has 2 N–H and O–H groups in total. The number of fused-ring (bicyclic) bond motifs is 1. The number of nitrogens with zero attached hydrogens (tertiary/aromatic N) is 6. The molecule has 0 atom stereocenters. The second-order valence-corrected chi connectivity index (χ2v) is 8.00. The third-order valence-corrected chi connectivity index (χ3v) is 5.63. The molecular formula is C21H23N7O4. The number of aromatic nitrogens is 4. The number of methoxy groups -OCH3 is 1. The number of imidazole rings is 1. The van der Waals surface area contributed by atoms with Crippen LogP contribution in [0.15, 0.2) is 24.7 Å². The summed E-state index contributed by atoms with van der Waals surface area (Å²) in [5.74, 6) is 0.656. The summed E-state index contributed by atoms with van der Waals surface area (Å²) in [6, 6.07) is 1.61. The molecule has 0 bridgehead atoms. The maximum atomic E-state index is 12.6. The van der Waals surface area contributed by atoms with Crippen molar-refractivity contribution >= 4 is 29.2 Å². The zero-order chi connectivity index (χ0) is 22.4. The van der Waals surface area contributed by atoms with E-state index in [4.69, 9.17) is 15.2 Å². The molecule has 1 saturated heterocycles. The van der Waals surface area contributed by atoms with Crippen LogP contribution in [0.1, 0.15) is 35.6 Å². The normalized spacial score (nSPS) is 16.4. The van der Waals surface area contributed by atoms with E-state index in [0.29, 0.717) is 34.4 Å². The molecule has 32 heavy (non-hydrogen) atoms. The zero-order valence-corrected chi connectivity index (χ0v) is 17.8. The highest BCUT2D eigenvalue weighted by Crippen LogP contribution is 2.42. The number of anilines is 2.